The molecule has 1 aromatic carbocycles. The zero-order valence-electron chi connectivity index (χ0n) is 11.4. The largest absolute Gasteiger partial charge is 0.379 e. The van der Waals surface area contributed by atoms with E-state index in [0.717, 1.165) is 49.3 Å². The number of Topliss-reactive ketones (excluding diaryl/α,β-unsaturated/α-hetero) is 1. The molecule has 1 aromatic heterocycles. The molecule has 20 heavy (non-hydrogen) atoms. The van der Waals surface area contributed by atoms with E-state index in [2.05, 4.69) is 9.88 Å². The highest BCUT2D eigenvalue weighted by atomic mass is 16.5. The summed E-state index contributed by atoms with van der Waals surface area (Å²) in [6, 6.07) is 9.65. The molecule has 2 aromatic rings. The lowest BCUT2D eigenvalue weighted by molar-refractivity contribution is 0.0370. The summed E-state index contributed by atoms with van der Waals surface area (Å²) in [4.78, 5) is 18.8. The first-order chi connectivity index (χ1) is 9.83. The summed E-state index contributed by atoms with van der Waals surface area (Å²) in [5.74, 6) is 0.184. The molecule has 0 radical (unpaired) electrons. The summed E-state index contributed by atoms with van der Waals surface area (Å²) in [7, 11) is 0. The molecule has 0 saturated carbocycles. The van der Waals surface area contributed by atoms with E-state index in [-0.39, 0.29) is 5.78 Å². The standard InChI is InChI=1S/C16H18N2O2/c19-16(5-7-18-8-10-20-11-9-18)14-4-3-13-2-1-6-17-15(13)12-14/h1-4,6,12H,5,7-11H2. The number of pyridine rings is 1. The summed E-state index contributed by atoms with van der Waals surface area (Å²) in [6.07, 6.45) is 2.31. The SMILES string of the molecule is O=C(CCN1CCOCC1)c1ccc2cccnc2c1. The maximum atomic E-state index is 12.2. The summed E-state index contributed by atoms with van der Waals surface area (Å²) in [5.41, 5.74) is 1.63. The number of morpholine rings is 1. The van der Waals surface area contributed by atoms with E-state index in [4.69, 9.17) is 4.74 Å². The Hall–Kier alpha value is -1.78. The lowest BCUT2D eigenvalue weighted by Gasteiger charge is -2.26. The number of ether oxygens (including phenoxy) is 1. The van der Waals surface area contributed by atoms with Crippen molar-refractivity contribution in [3.05, 3.63) is 42.1 Å². The molecule has 0 spiro atoms. The van der Waals surface area contributed by atoms with Gasteiger partial charge in [-0.2, -0.15) is 0 Å². The van der Waals surface area contributed by atoms with Crippen molar-refractivity contribution in [2.75, 3.05) is 32.8 Å². The van der Waals surface area contributed by atoms with Gasteiger partial charge >= 0.3 is 0 Å². The Labute approximate surface area is 118 Å². The molecule has 2 heterocycles. The number of carbonyl (C=O) groups excluding carboxylic acids is 1. The monoisotopic (exact) mass is 270 g/mol. The van der Waals surface area contributed by atoms with E-state index in [1.807, 2.05) is 30.3 Å². The summed E-state index contributed by atoms with van der Waals surface area (Å²) >= 11 is 0. The molecule has 4 nitrogen and oxygen atoms in total. The van der Waals surface area contributed by atoms with Crippen LogP contribution in [0.25, 0.3) is 10.9 Å². The van der Waals surface area contributed by atoms with Crippen LogP contribution in [0.3, 0.4) is 0 Å². The molecule has 0 atom stereocenters. The second kappa shape index (κ2) is 6.11. The van der Waals surface area contributed by atoms with Crippen molar-refractivity contribution in [3.8, 4) is 0 Å². The zero-order valence-corrected chi connectivity index (χ0v) is 11.4. The van der Waals surface area contributed by atoms with Gasteiger partial charge in [-0.3, -0.25) is 14.7 Å². The number of hydrogen-bond donors (Lipinski definition) is 0. The fraction of sp³-hybridized carbons (Fsp3) is 0.375. The molecule has 1 aliphatic rings. The van der Waals surface area contributed by atoms with Crippen LogP contribution in [-0.4, -0.2) is 48.5 Å². The van der Waals surface area contributed by atoms with Crippen molar-refractivity contribution in [2.24, 2.45) is 0 Å². The van der Waals surface area contributed by atoms with Gasteiger partial charge in [-0.25, -0.2) is 0 Å². The number of nitrogens with zero attached hydrogens (tertiary/aromatic N) is 2. The van der Waals surface area contributed by atoms with Gasteiger partial charge in [-0.05, 0) is 12.1 Å². The third-order valence-electron chi connectivity index (χ3n) is 3.69. The number of hydrogen-bond acceptors (Lipinski definition) is 4. The van der Waals surface area contributed by atoms with Crippen molar-refractivity contribution in [1.29, 1.82) is 0 Å². The van der Waals surface area contributed by atoms with Crippen molar-refractivity contribution >= 4 is 16.7 Å². The first-order valence-corrected chi connectivity index (χ1v) is 7.01. The van der Waals surface area contributed by atoms with Crippen molar-refractivity contribution in [2.45, 2.75) is 6.42 Å². The Balaban J connectivity index is 1.65. The van der Waals surface area contributed by atoms with Gasteiger partial charge < -0.3 is 4.74 Å². The Morgan fingerprint density at radius 1 is 1.25 bits per heavy atom. The van der Waals surface area contributed by atoms with E-state index in [9.17, 15) is 4.79 Å². The van der Waals surface area contributed by atoms with Crippen LogP contribution in [0, 0.1) is 0 Å². The molecule has 0 unspecified atom stereocenters. The van der Waals surface area contributed by atoms with Gasteiger partial charge in [0.25, 0.3) is 0 Å². The number of rotatable bonds is 4. The minimum atomic E-state index is 0.184. The fourth-order valence-electron chi connectivity index (χ4n) is 2.47. The predicted octanol–water partition coefficient (Wildman–Crippen LogP) is 2.14. The maximum Gasteiger partial charge on any atom is 0.164 e. The number of benzene rings is 1. The molecular weight excluding hydrogens is 252 g/mol. The average molecular weight is 270 g/mol. The van der Waals surface area contributed by atoms with Crippen molar-refractivity contribution < 1.29 is 9.53 Å². The molecule has 4 heteroatoms. The molecular formula is C16H18N2O2. The molecule has 0 bridgehead atoms. The van der Waals surface area contributed by atoms with Gasteiger partial charge in [-0.15, -0.1) is 0 Å². The van der Waals surface area contributed by atoms with Crippen LogP contribution in [0.4, 0.5) is 0 Å². The van der Waals surface area contributed by atoms with E-state index in [0.29, 0.717) is 6.42 Å². The van der Waals surface area contributed by atoms with Gasteiger partial charge in [0, 0.05) is 43.2 Å². The van der Waals surface area contributed by atoms with E-state index in [1.165, 1.54) is 0 Å². The molecule has 1 aliphatic heterocycles. The second-order valence-electron chi connectivity index (χ2n) is 5.04. The third kappa shape index (κ3) is 3.03. The minimum absolute atomic E-state index is 0.184. The second-order valence-corrected chi connectivity index (χ2v) is 5.04. The van der Waals surface area contributed by atoms with Crippen LogP contribution in [-0.2, 0) is 4.74 Å². The zero-order chi connectivity index (χ0) is 13.8. The van der Waals surface area contributed by atoms with Crippen molar-refractivity contribution in [3.63, 3.8) is 0 Å². The van der Waals surface area contributed by atoms with Crippen LogP contribution in [0.5, 0.6) is 0 Å². The maximum absolute atomic E-state index is 12.2. The highest BCUT2D eigenvalue weighted by Gasteiger charge is 2.13. The third-order valence-corrected chi connectivity index (χ3v) is 3.69. The quantitative estimate of drug-likeness (QED) is 0.798. The van der Waals surface area contributed by atoms with Gasteiger partial charge in [0.1, 0.15) is 0 Å². The Kier molecular flexibility index (Phi) is 4.04. The molecule has 104 valence electrons. The van der Waals surface area contributed by atoms with E-state index in [1.54, 1.807) is 6.20 Å². The molecule has 0 N–H and O–H groups in total. The first kappa shape index (κ1) is 13.2. The Morgan fingerprint density at radius 3 is 2.95 bits per heavy atom. The summed E-state index contributed by atoms with van der Waals surface area (Å²) in [5, 5.41) is 1.07. The molecule has 0 amide bonds. The van der Waals surface area contributed by atoms with Crippen LogP contribution < -0.4 is 0 Å². The first-order valence-electron chi connectivity index (χ1n) is 7.01. The van der Waals surface area contributed by atoms with Gasteiger partial charge in [-0.1, -0.05) is 18.2 Å². The molecule has 3 rings (SSSR count). The minimum Gasteiger partial charge on any atom is -0.379 e. The average Bonchev–Trinajstić information content (AvgIpc) is 2.53. The van der Waals surface area contributed by atoms with Gasteiger partial charge in [0.05, 0.1) is 18.7 Å². The number of fused-ring (bicyclic) bond motifs is 1. The number of aromatic nitrogens is 1. The topological polar surface area (TPSA) is 42.4 Å². The van der Waals surface area contributed by atoms with Gasteiger partial charge in [0.15, 0.2) is 5.78 Å². The van der Waals surface area contributed by atoms with Crippen LogP contribution in [0.1, 0.15) is 16.8 Å². The van der Waals surface area contributed by atoms with Gasteiger partial charge in [0.2, 0.25) is 0 Å². The van der Waals surface area contributed by atoms with E-state index >= 15 is 0 Å². The highest BCUT2D eigenvalue weighted by Crippen LogP contribution is 2.14. The van der Waals surface area contributed by atoms with Crippen LogP contribution in [0.15, 0.2) is 36.5 Å². The van der Waals surface area contributed by atoms with Crippen LogP contribution >= 0.6 is 0 Å². The lowest BCUT2D eigenvalue weighted by atomic mass is 10.1. The smallest absolute Gasteiger partial charge is 0.164 e. The predicted molar refractivity (Wildman–Crippen MR) is 77.9 cm³/mol. The van der Waals surface area contributed by atoms with Crippen LogP contribution in [0.2, 0.25) is 0 Å². The Morgan fingerprint density at radius 2 is 2.10 bits per heavy atom. The molecule has 1 fully saturated rings. The number of ketones is 1. The fourth-order valence-corrected chi connectivity index (χ4v) is 2.47. The molecule has 0 aliphatic carbocycles. The molecule has 1 saturated heterocycles. The van der Waals surface area contributed by atoms with Crippen molar-refractivity contribution in [1.82, 2.24) is 9.88 Å². The summed E-state index contributed by atoms with van der Waals surface area (Å²) < 4.78 is 5.30. The Bertz CT molecular complexity index is 606. The highest BCUT2D eigenvalue weighted by molar-refractivity contribution is 5.99. The lowest BCUT2D eigenvalue weighted by Crippen LogP contribution is -2.37. The summed E-state index contributed by atoms with van der Waals surface area (Å²) in [6.45, 7) is 4.20. The van der Waals surface area contributed by atoms with E-state index < -0.39 is 0 Å². The number of carbonyl (C=O) groups is 1. The normalized spacial score (nSPS) is 16.4.